The summed E-state index contributed by atoms with van der Waals surface area (Å²) in [5.74, 6) is 0.602. The minimum atomic E-state index is 0.0211. The molecular weight excluding hydrogens is 232 g/mol. The molecule has 0 bridgehead atoms. The highest BCUT2D eigenvalue weighted by molar-refractivity contribution is 5.79. The standard InChI is InChI=1S/C13H24N2O3/c1-4-18-10-13(17)15-7-5-14(6-8-15)12(16)9-11(2)3/h11H,4-10H2,1-3H3. The summed E-state index contributed by atoms with van der Waals surface area (Å²) in [5.41, 5.74) is 0. The SMILES string of the molecule is CCOCC(=O)N1CCN(C(=O)CC(C)C)CC1. The van der Waals surface area contributed by atoms with Crippen LogP contribution in [-0.4, -0.2) is 61.0 Å². The third-order valence-corrected chi connectivity index (χ3v) is 3.00. The molecule has 1 aliphatic rings. The lowest BCUT2D eigenvalue weighted by atomic mass is 10.1. The molecule has 1 rings (SSSR count). The Morgan fingerprint density at radius 1 is 1.06 bits per heavy atom. The van der Waals surface area contributed by atoms with Gasteiger partial charge < -0.3 is 14.5 Å². The maximum Gasteiger partial charge on any atom is 0.248 e. The smallest absolute Gasteiger partial charge is 0.248 e. The maximum absolute atomic E-state index is 11.9. The normalized spacial score (nSPS) is 16.2. The number of hydrogen-bond acceptors (Lipinski definition) is 3. The molecule has 0 aromatic heterocycles. The predicted octanol–water partition coefficient (Wildman–Crippen LogP) is 0.740. The van der Waals surface area contributed by atoms with E-state index in [2.05, 4.69) is 0 Å². The molecule has 0 spiro atoms. The molecular formula is C13H24N2O3. The first-order chi connectivity index (χ1) is 8.54. The average Bonchev–Trinajstić information content (AvgIpc) is 2.35. The van der Waals surface area contributed by atoms with Crippen molar-refractivity contribution >= 4 is 11.8 Å². The van der Waals surface area contributed by atoms with Crippen LogP contribution in [0.25, 0.3) is 0 Å². The number of carbonyl (C=O) groups is 2. The minimum absolute atomic E-state index is 0.0211. The van der Waals surface area contributed by atoms with E-state index in [0.29, 0.717) is 45.1 Å². The summed E-state index contributed by atoms with van der Waals surface area (Å²) < 4.78 is 5.10. The van der Waals surface area contributed by atoms with Crippen molar-refractivity contribution in [1.29, 1.82) is 0 Å². The lowest BCUT2D eigenvalue weighted by molar-refractivity contribution is -0.142. The van der Waals surface area contributed by atoms with Crippen LogP contribution < -0.4 is 0 Å². The van der Waals surface area contributed by atoms with Gasteiger partial charge in [-0.1, -0.05) is 13.8 Å². The van der Waals surface area contributed by atoms with E-state index >= 15 is 0 Å². The van der Waals surface area contributed by atoms with Gasteiger partial charge in [0, 0.05) is 39.2 Å². The highest BCUT2D eigenvalue weighted by Crippen LogP contribution is 2.08. The van der Waals surface area contributed by atoms with E-state index in [1.165, 1.54) is 0 Å². The van der Waals surface area contributed by atoms with Gasteiger partial charge in [0.2, 0.25) is 11.8 Å². The molecule has 5 nitrogen and oxygen atoms in total. The topological polar surface area (TPSA) is 49.9 Å². The molecule has 1 saturated heterocycles. The van der Waals surface area contributed by atoms with E-state index in [1.54, 1.807) is 4.90 Å². The first kappa shape index (κ1) is 15.0. The second-order valence-corrected chi connectivity index (χ2v) is 5.00. The van der Waals surface area contributed by atoms with Crippen molar-refractivity contribution in [3.05, 3.63) is 0 Å². The Bertz CT molecular complexity index is 284. The van der Waals surface area contributed by atoms with E-state index in [0.717, 1.165) is 0 Å². The van der Waals surface area contributed by atoms with Crippen LogP contribution >= 0.6 is 0 Å². The van der Waals surface area contributed by atoms with Gasteiger partial charge in [-0.15, -0.1) is 0 Å². The quantitative estimate of drug-likeness (QED) is 0.729. The van der Waals surface area contributed by atoms with Crippen molar-refractivity contribution in [2.45, 2.75) is 27.2 Å². The molecule has 0 aliphatic carbocycles. The first-order valence-corrected chi connectivity index (χ1v) is 6.67. The van der Waals surface area contributed by atoms with E-state index in [1.807, 2.05) is 25.7 Å². The number of nitrogens with zero attached hydrogens (tertiary/aromatic N) is 2. The number of carbonyl (C=O) groups excluding carboxylic acids is 2. The number of hydrogen-bond donors (Lipinski definition) is 0. The average molecular weight is 256 g/mol. The maximum atomic E-state index is 11.9. The molecule has 2 amide bonds. The lowest BCUT2D eigenvalue weighted by Crippen LogP contribution is -2.51. The Kier molecular flexibility index (Phi) is 6.12. The van der Waals surface area contributed by atoms with Gasteiger partial charge in [0.1, 0.15) is 6.61 Å². The third kappa shape index (κ3) is 4.64. The highest BCUT2D eigenvalue weighted by atomic mass is 16.5. The van der Waals surface area contributed by atoms with Crippen LogP contribution in [0, 0.1) is 5.92 Å². The number of rotatable bonds is 5. The molecule has 0 unspecified atom stereocenters. The van der Waals surface area contributed by atoms with Gasteiger partial charge in [-0.25, -0.2) is 0 Å². The van der Waals surface area contributed by atoms with Gasteiger partial charge in [-0.2, -0.15) is 0 Å². The molecule has 5 heteroatoms. The zero-order valence-corrected chi connectivity index (χ0v) is 11.6. The summed E-state index contributed by atoms with van der Waals surface area (Å²) in [6.07, 6.45) is 0.590. The van der Waals surface area contributed by atoms with Crippen LogP contribution in [0.3, 0.4) is 0 Å². The van der Waals surface area contributed by atoms with Crippen LogP contribution in [-0.2, 0) is 14.3 Å². The van der Waals surface area contributed by atoms with Crippen molar-refractivity contribution in [2.24, 2.45) is 5.92 Å². The Labute approximate surface area is 109 Å². The molecule has 0 N–H and O–H groups in total. The fourth-order valence-corrected chi connectivity index (χ4v) is 1.96. The first-order valence-electron chi connectivity index (χ1n) is 6.67. The fourth-order valence-electron chi connectivity index (χ4n) is 1.96. The van der Waals surface area contributed by atoms with Gasteiger partial charge in [0.25, 0.3) is 0 Å². The summed E-state index contributed by atoms with van der Waals surface area (Å²) in [6.45, 7) is 9.18. The Hall–Kier alpha value is -1.10. The van der Waals surface area contributed by atoms with Gasteiger partial charge in [-0.3, -0.25) is 9.59 Å². The zero-order valence-electron chi connectivity index (χ0n) is 11.6. The van der Waals surface area contributed by atoms with E-state index in [4.69, 9.17) is 4.74 Å². The minimum Gasteiger partial charge on any atom is -0.372 e. The molecule has 0 atom stereocenters. The summed E-state index contributed by atoms with van der Waals surface area (Å²) in [6, 6.07) is 0. The third-order valence-electron chi connectivity index (χ3n) is 3.00. The molecule has 1 aliphatic heterocycles. The monoisotopic (exact) mass is 256 g/mol. The number of amides is 2. The molecule has 1 heterocycles. The van der Waals surface area contributed by atoms with Crippen molar-refractivity contribution < 1.29 is 14.3 Å². The van der Waals surface area contributed by atoms with Crippen molar-refractivity contribution in [3.63, 3.8) is 0 Å². The zero-order chi connectivity index (χ0) is 13.5. The molecule has 0 saturated carbocycles. The second kappa shape index (κ2) is 7.36. The summed E-state index contributed by atoms with van der Waals surface area (Å²) in [5, 5.41) is 0. The van der Waals surface area contributed by atoms with Crippen LogP contribution in [0.4, 0.5) is 0 Å². The van der Waals surface area contributed by atoms with Crippen molar-refractivity contribution in [2.75, 3.05) is 39.4 Å². The van der Waals surface area contributed by atoms with Crippen LogP contribution in [0.5, 0.6) is 0 Å². The Balaban J connectivity index is 2.32. The second-order valence-electron chi connectivity index (χ2n) is 5.00. The lowest BCUT2D eigenvalue weighted by Gasteiger charge is -2.35. The Morgan fingerprint density at radius 2 is 1.56 bits per heavy atom. The van der Waals surface area contributed by atoms with Crippen molar-refractivity contribution in [3.8, 4) is 0 Å². The molecule has 1 fully saturated rings. The summed E-state index contributed by atoms with van der Waals surface area (Å²) >= 11 is 0. The summed E-state index contributed by atoms with van der Waals surface area (Å²) in [7, 11) is 0. The van der Waals surface area contributed by atoms with Crippen LogP contribution in [0.2, 0.25) is 0 Å². The largest absolute Gasteiger partial charge is 0.372 e. The highest BCUT2D eigenvalue weighted by Gasteiger charge is 2.24. The summed E-state index contributed by atoms with van der Waals surface area (Å²) in [4.78, 5) is 27.2. The van der Waals surface area contributed by atoms with Gasteiger partial charge in [0.05, 0.1) is 0 Å². The number of piperazine rings is 1. The van der Waals surface area contributed by atoms with Crippen LogP contribution in [0.1, 0.15) is 27.2 Å². The molecule has 18 heavy (non-hydrogen) atoms. The Morgan fingerprint density at radius 3 is 2.00 bits per heavy atom. The van der Waals surface area contributed by atoms with E-state index < -0.39 is 0 Å². The molecule has 0 aromatic carbocycles. The molecule has 0 aromatic rings. The fraction of sp³-hybridized carbons (Fsp3) is 0.846. The van der Waals surface area contributed by atoms with Gasteiger partial charge in [0.15, 0.2) is 0 Å². The van der Waals surface area contributed by atoms with E-state index in [9.17, 15) is 9.59 Å². The van der Waals surface area contributed by atoms with Gasteiger partial charge in [-0.05, 0) is 12.8 Å². The molecule has 0 radical (unpaired) electrons. The molecule has 104 valence electrons. The number of ether oxygens (including phenoxy) is 1. The van der Waals surface area contributed by atoms with Crippen molar-refractivity contribution in [1.82, 2.24) is 9.80 Å². The van der Waals surface area contributed by atoms with E-state index in [-0.39, 0.29) is 18.4 Å². The van der Waals surface area contributed by atoms with Crippen LogP contribution in [0.15, 0.2) is 0 Å². The predicted molar refractivity (Wildman–Crippen MR) is 69.1 cm³/mol. The van der Waals surface area contributed by atoms with Gasteiger partial charge >= 0.3 is 0 Å².